The van der Waals surface area contributed by atoms with Crippen molar-refractivity contribution in [1.82, 2.24) is 9.80 Å². The highest BCUT2D eigenvalue weighted by Gasteiger charge is 2.28. The average molecular weight is 287 g/mol. The third kappa shape index (κ3) is 5.04. The molecular weight excluding hydrogens is 262 g/mol. The summed E-state index contributed by atoms with van der Waals surface area (Å²) >= 11 is 4.92. The van der Waals surface area contributed by atoms with E-state index in [4.69, 9.17) is 22.7 Å². The number of nitrogens with two attached hydrogens (primary N) is 1. The lowest BCUT2D eigenvalue weighted by Gasteiger charge is -2.36. The van der Waals surface area contributed by atoms with Crippen LogP contribution >= 0.6 is 12.2 Å². The zero-order valence-corrected chi connectivity index (χ0v) is 12.9. The summed E-state index contributed by atoms with van der Waals surface area (Å²) in [6.07, 6.45) is 0.647. The summed E-state index contributed by atoms with van der Waals surface area (Å²) in [6, 6.07) is 0.141. The average Bonchev–Trinajstić information content (AvgIpc) is 2.38. The molecule has 1 aliphatic heterocycles. The Bertz CT molecular complexity index is 317. The van der Waals surface area contributed by atoms with E-state index in [0.717, 1.165) is 6.54 Å². The van der Waals surface area contributed by atoms with E-state index in [-0.39, 0.29) is 18.0 Å². The zero-order chi connectivity index (χ0) is 14.4. The Balaban J connectivity index is 2.61. The first-order valence-electron chi connectivity index (χ1n) is 6.84. The number of carbonyl (C=O) groups is 1. The highest BCUT2D eigenvalue weighted by Crippen LogP contribution is 2.11. The summed E-state index contributed by atoms with van der Waals surface area (Å²) < 4.78 is 5.28. The van der Waals surface area contributed by atoms with E-state index in [1.807, 2.05) is 11.8 Å². The molecule has 0 radical (unpaired) electrons. The molecule has 6 heteroatoms. The fraction of sp³-hybridized carbons (Fsp3) is 0.846. The predicted octanol–water partition coefficient (Wildman–Crippen LogP) is 0.620. The molecular formula is C13H25N3O2S. The maximum absolute atomic E-state index is 12.5. The van der Waals surface area contributed by atoms with Crippen LogP contribution in [-0.2, 0) is 9.53 Å². The van der Waals surface area contributed by atoms with Gasteiger partial charge in [0.15, 0.2) is 0 Å². The van der Waals surface area contributed by atoms with E-state index in [2.05, 4.69) is 18.7 Å². The summed E-state index contributed by atoms with van der Waals surface area (Å²) in [5.74, 6) is 0.167. The topological polar surface area (TPSA) is 58.8 Å². The van der Waals surface area contributed by atoms with E-state index in [0.29, 0.717) is 37.7 Å². The first-order chi connectivity index (χ1) is 8.93. The van der Waals surface area contributed by atoms with Crippen molar-refractivity contribution in [2.24, 2.45) is 5.73 Å². The van der Waals surface area contributed by atoms with Crippen LogP contribution in [0.4, 0.5) is 0 Å². The standard InChI is InChI=1S/C13H25N3O2S/c1-10(2)16(5-4-12(14)19)11(3)13(17)15-6-8-18-9-7-15/h10-11H,4-9H2,1-3H3,(H2,14,19). The molecule has 1 rings (SSSR count). The van der Waals surface area contributed by atoms with Crippen molar-refractivity contribution in [3.8, 4) is 0 Å². The van der Waals surface area contributed by atoms with Crippen molar-refractivity contribution in [2.75, 3.05) is 32.8 Å². The third-order valence-electron chi connectivity index (χ3n) is 3.46. The van der Waals surface area contributed by atoms with Crippen LogP contribution < -0.4 is 5.73 Å². The van der Waals surface area contributed by atoms with Gasteiger partial charge in [0.1, 0.15) is 0 Å². The zero-order valence-electron chi connectivity index (χ0n) is 12.1. The lowest BCUT2D eigenvalue weighted by atomic mass is 10.1. The molecule has 1 fully saturated rings. The molecule has 1 aliphatic rings. The summed E-state index contributed by atoms with van der Waals surface area (Å²) in [6.45, 7) is 9.49. The molecule has 1 atom stereocenters. The van der Waals surface area contributed by atoms with E-state index in [9.17, 15) is 4.79 Å². The molecule has 0 bridgehead atoms. The molecule has 2 N–H and O–H groups in total. The minimum absolute atomic E-state index is 0.146. The van der Waals surface area contributed by atoms with Crippen LogP contribution in [0.15, 0.2) is 0 Å². The smallest absolute Gasteiger partial charge is 0.239 e. The summed E-state index contributed by atoms with van der Waals surface area (Å²) in [5, 5.41) is 0. The van der Waals surface area contributed by atoms with Crippen LogP contribution in [0, 0.1) is 0 Å². The fourth-order valence-electron chi connectivity index (χ4n) is 2.33. The van der Waals surface area contributed by atoms with Crippen molar-refractivity contribution in [1.29, 1.82) is 0 Å². The first-order valence-corrected chi connectivity index (χ1v) is 7.25. The van der Waals surface area contributed by atoms with Gasteiger partial charge in [-0.15, -0.1) is 0 Å². The molecule has 1 heterocycles. The second-order valence-corrected chi connectivity index (χ2v) is 5.69. The molecule has 110 valence electrons. The SMILES string of the molecule is CC(C)N(CCC(N)=S)C(C)C(=O)N1CCOCC1. The lowest BCUT2D eigenvalue weighted by Crippen LogP contribution is -2.52. The van der Waals surface area contributed by atoms with Crippen molar-refractivity contribution in [3.63, 3.8) is 0 Å². The van der Waals surface area contributed by atoms with Gasteiger partial charge in [0.05, 0.1) is 24.2 Å². The van der Waals surface area contributed by atoms with E-state index in [1.54, 1.807) is 0 Å². The number of rotatable bonds is 6. The highest BCUT2D eigenvalue weighted by molar-refractivity contribution is 7.80. The van der Waals surface area contributed by atoms with Crippen molar-refractivity contribution < 1.29 is 9.53 Å². The number of carbonyl (C=O) groups excluding carboxylic acids is 1. The Morgan fingerprint density at radius 2 is 1.95 bits per heavy atom. The van der Waals surface area contributed by atoms with Crippen molar-refractivity contribution >= 4 is 23.1 Å². The number of nitrogens with zero attached hydrogens (tertiary/aromatic N) is 2. The van der Waals surface area contributed by atoms with Gasteiger partial charge in [0.25, 0.3) is 0 Å². The van der Waals surface area contributed by atoms with Gasteiger partial charge in [-0.1, -0.05) is 12.2 Å². The van der Waals surface area contributed by atoms with Gasteiger partial charge in [0.2, 0.25) is 5.91 Å². The number of thiocarbonyl (C=S) groups is 1. The Morgan fingerprint density at radius 3 is 2.42 bits per heavy atom. The molecule has 0 aromatic carbocycles. The Hall–Kier alpha value is -0.720. The van der Waals surface area contributed by atoms with Gasteiger partial charge in [-0.25, -0.2) is 0 Å². The molecule has 0 aromatic rings. The Morgan fingerprint density at radius 1 is 1.37 bits per heavy atom. The van der Waals surface area contributed by atoms with Crippen molar-refractivity contribution in [3.05, 3.63) is 0 Å². The summed E-state index contributed by atoms with van der Waals surface area (Å²) in [4.78, 5) is 17.0. The number of hydrogen-bond acceptors (Lipinski definition) is 4. The number of ether oxygens (including phenoxy) is 1. The van der Waals surface area contributed by atoms with Crippen molar-refractivity contribution in [2.45, 2.75) is 39.3 Å². The largest absolute Gasteiger partial charge is 0.393 e. The second kappa shape index (κ2) is 7.77. The molecule has 19 heavy (non-hydrogen) atoms. The van der Waals surface area contributed by atoms with Crippen LogP contribution in [0.25, 0.3) is 0 Å². The van der Waals surface area contributed by atoms with Crippen LogP contribution in [-0.4, -0.2) is 65.6 Å². The van der Waals surface area contributed by atoms with Crippen LogP contribution in [0.5, 0.6) is 0 Å². The molecule has 0 spiro atoms. The van der Waals surface area contributed by atoms with Crippen LogP contribution in [0.2, 0.25) is 0 Å². The van der Waals surface area contributed by atoms with Crippen LogP contribution in [0.1, 0.15) is 27.2 Å². The molecule has 0 aromatic heterocycles. The second-order valence-electron chi connectivity index (χ2n) is 5.16. The maximum atomic E-state index is 12.5. The van der Waals surface area contributed by atoms with E-state index in [1.165, 1.54) is 0 Å². The molecule has 0 saturated carbocycles. The minimum Gasteiger partial charge on any atom is -0.393 e. The molecule has 0 aliphatic carbocycles. The Kier molecular flexibility index (Phi) is 6.68. The van der Waals surface area contributed by atoms with Gasteiger partial charge in [-0.2, -0.15) is 0 Å². The monoisotopic (exact) mass is 287 g/mol. The number of hydrogen-bond donors (Lipinski definition) is 1. The van der Waals surface area contributed by atoms with E-state index < -0.39 is 0 Å². The third-order valence-corrected chi connectivity index (χ3v) is 3.66. The van der Waals surface area contributed by atoms with Gasteiger partial charge in [-0.05, 0) is 20.8 Å². The maximum Gasteiger partial charge on any atom is 0.239 e. The van der Waals surface area contributed by atoms with Gasteiger partial charge in [0, 0.05) is 32.1 Å². The van der Waals surface area contributed by atoms with Crippen LogP contribution in [0.3, 0.4) is 0 Å². The quantitative estimate of drug-likeness (QED) is 0.726. The Labute approximate surface area is 121 Å². The minimum atomic E-state index is -0.146. The fourth-order valence-corrected chi connectivity index (χ4v) is 2.42. The highest BCUT2D eigenvalue weighted by atomic mass is 32.1. The van der Waals surface area contributed by atoms with Gasteiger partial charge in [-0.3, -0.25) is 9.69 Å². The number of amides is 1. The normalized spacial score (nSPS) is 17.8. The summed E-state index contributed by atoms with van der Waals surface area (Å²) in [7, 11) is 0. The summed E-state index contributed by atoms with van der Waals surface area (Å²) in [5.41, 5.74) is 5.55. The number of morpholine rings is 1. The molecule has 1 saturated heterocycles. The van der Waals surface area contributed by atoms with Gasteiger partial charge < -0.3 is 15.4 Å². The van der Waals surface area contributed by atoms with Gasteiger partial charge >= 0.3 is 0 Å². The van der Waals surface area contributed by atoms with E-state index >= 15 is 0 Å². The first kappa shape index (κ1) is 16.3. The lowest BCUT2D eigenvalue weighted by molar-refractivity contribution is -0.141. The predicted molar refractivity (Wildman–Crippen MR) is 80.1 cm³/mol. The molecule has 1 unspecified atom stereocenters. The molecule has 5 nitrogen and oxygen atoms in total. The molecule has 1 amide bonds.